The third kappa shape index (κ3) is 14.1. The zero-order valence-corrected chi connectivity index (χ0v) is 47.8. The Morgan fingerprint density at radius 3 is 1.25 bits per heavy atom. The van der Waals surface area contributed by atoms with Gasteiger partial charge in [-0.2, -0.15) is 0 Å². The average Bonchev–Trinajstić information content (AvgIpc) is 2.97. The van der Waals surface area contributed by atoms with E-state index in [1.807, 2.05) is 34.6 Å². The third-order valence-electron chi connectivity index (χ3n) is 10.3. The van der Waals surface area contributed by atoms with Crippen LogP contribution in [-0.4, -0.2) is 88.3 Å². The van der Waals surface area contributed by atoms with Gasteiger partial charge in [0.05, 0.1) is 12.0 Å². The Hall–Kier alpha value is 0.725. The fraction of sp³-hybridized carbons (Fsp3) is 0.973. The third-order valence-corrected chi connectivity index (χ3v) is 48.0. The lowest BCUT2D eigenvalue weighted by atomic mass is 9.91. The summed E-state index contributed by atoms with van der Waals surface area (Å²) in [6.45, 7) is 35.4. The van der Waals surface area contributed by atoms with Crippen molar-refractivity contribution in [2.24, 2.45) is 46.8 Å². The first-order chi connectivity index (χ1) is 27.0. The zero-order chi connectivity index (χ0) is 44.5. The molecule has 1 N–H and O–H groups in total. The first-order valence-electron chi connectivity index (χ1n) is 22.6. The van der Waals surface area contributed by atoms with Gasteiger partial charge >= 0.3 is 76.9 Å². The molecule has 346 valence electrons. The van der Waals surface area contributed by atoms with E-state index in [0.29, 0.717) is 49.1 Å². The molecule has 8 atom stereocenters. The summed E-state index contributed by atoms with van der Waals surface area (Å²) in [7, 11) is -31.4. The van der Waals surface area contributed by atoms with Crippen LogP contribution in [0.5, 0.6) is 0 Å². The molecule has 4 fully saturated rings. The monoisotopic (exact) mass is 974 g/mol. The van der Waals surface area contributed by atoms with E-state index in [0.717, 1.165) is 0 Å². The molecule has 4 heterocycles. The van der Waals surface area contributed by atoms with E-state index < -0.39 is 76.3 Å². The second-order valence-electron chi connectivity index (χ2n) is 21.1. The van der Waals surface area contributed by atoms with Gasteiger partial charge in [0.1, 0.15) is 0 Å². The fourth-order valence-electron chi connectivity index (χ4n) is 8.14. The molecule has 0 spiro atoms. The number of ether oxygens (including phenoxy) is 1. The minimum Gasteiger partial charge on any atom is -0.465 e. The molecule has 6 bridgehead atoms. The molecule has 0 radical (unpaired) electrons. The van der Waals surface area contributed by atoms with Crippen molar-refractivity contribution in [3.63, 3.8) is 0 Å². The molecule has 4 rings (SSSR count). The van der Waals surface area contributed by atoms with Crippen LogP contribution in [0.15, 0.2) is 0 Å². The quantitative estimate of drug-likeness (QED) is 0.0703. The molecule has 59 heavy (non-hydrogen) atoms. The number of fused-ring (bicyclic) bond motifs is 4. The Bertz CT molecular complexity index is 1390. The minimum atomic E-state index is -4.34. The van der Waals surface area contributed by atoms with Gasteiger partial charge in [0.2, 0.25) is 0 Å². The molecule has 0 saturated carbocycles. The summed E-state index contributed by atoms with van der Waals surface area (Å²) in [6.07, 6.45) is 0.964. The van der Waals surface area contributed by atoms with Gasteiger partial charge in [0.15, 0.2) is 0 Å². The molecular formula is C37H82O14Si8. The van der Waals surface area contributed by atoms with Gasteiger partial charge in [-0.25, -0.2) is 0 Å². The van der Waals surface area contributed by atoms with Crippen molar-refractivity contribution in [3.05, 3.63) is 0 Å². The van der Waals surface area contributed by atoms with Crippen molar-refractivity contribution in [3.8, 4) is 0 Å². The summed E-state index contributed by atoms with van der Waals surface area (Å²) in [4.78, 5) is 26.4. The largest absolute Gasteiger partial charge is 0.483 e. The predicted molar refractivity (Wildman–Crippen MR) is 244 cm³/mol. The average molecular weight is 976 g/mol. The Morgan fingerprint density at radius 2 is 0.864 bits per heavy atom. The maximum absolute atomic E-state index is 13.2. The summed E-state index contributed by atoms with van der Waals surface area (Å²) in [5, 5.41) is 0. The second kappa shape index (κ2) is 20.1. The molecule has 4 aliphatic rings. The highest BCUT2D eigenvalue weighted by atomic mass is 28.6. The van der Waals surface area contributed by atoms with Crippen molar-refractivity contribution in [2.45, 2.75) is 179 Å². The van der Waals surface area contributed by atoms with Crippen LogP contribution in [0, 0.1) is 46.8 Å². The molecule has 8 unspecified atom stereocenters. The molecule has 0 aromatic carbocycles. The van der Waals surface area contributed by atoms with Gasteiger partial charge in [0, 0.05) is 42.3 Å². The Balaban J connectivity index is 2.13. The summed E-state index contributed by atoms with van der Waals surface area (Å²) in [6, 6.07) is 3.05. The van der Waals surface area contributed by atoms with E-state index in [2.05, 4.69) is 83.1 Å². The lowest BCUT2D eigenvalue weighted by molar-refractivity contribution is -0.154. The van der Waals surface area contributed by atoms with Crippen LogP contribution in [0.3, 0.4) is 0 Å². The molecular weight excluding hydrogens is 893 g/mol. The lowest BCUT2D eigenvalue weighted by Crippen LogP contribution is -2.84. The normalized spacial score (nSPS) is 36.7. The van der Waals surface area contributed by atoms with Gasteiger partial charge < -0.3 is 54.8 Å². The smallest absolute Gasteiger partial charge is 0.465 e. The van der Waals surface area contributed by atoms with E-state index in [9.17, 15) is 9.59 Å². The summed E-state index contributed by atoms with van der Waals surface area (Å²) < 4.78 is 89.5. The molecule has 4 saturated heterocycles. The van der Waals surface area contributed by atoms with Gasteiger partial charge in [-0.3, -0.25) is 4.79 Å². The summed E-state index contributed by atoms with van der Waals surface area (Å²) in [5.41, 5.74) is -0.638. The van der Waals surface area contributed by atoms with Crippen LogP contribution in [0.1, 0.15) is 131 Å². The Labute approximate surface area is 367 Å². The molecule has 14 nitrogen and oxygen atoms in total. The first kappa shape index (κ1) is 52.4. The number of carbonyl (C=O) groups excluding carboxylic acids is 1. The Morgan fingerprint density at radius 1 is 0.525 bits per heavy atom. The van der Waals surface area contributed by atoms with Crippen molar-refractivity contribution in [1.82, 2.24) is 0 Å². The zero-order valence-electron chi connectivity index (χ0n) is 39.7. The van der Waals surface area contributed by atoms with E-state index >= 15 is 0 Å². The number of esters is 1. The molecule has 22 heteroatoms. The van der Waals surface area contributed by atoms with Crippen molar-refractivity contribution in [2.75, 3.05) is 6.61 Å². The van der Waals surface area contributed by atoms with E-state index in [4.69, 9.17) is 50.0 Å². The van der Waals surface area contributed by atoms with Gasteiger partial charge in [-0.15, -0.1) is 0 Å². The lowest BCUT2D eigenvalue weighted by Gasteiger charge is -2.60. The molecule has 0 aromatic rings. The van der Waals surface area contributed by atoms with Gasteiger partial charge in [-0.1, -0.05) is 104 Å². The number of hydrogen-bond donors (Lipinski definition) is 1. The van der Waals surface area contributed by atoms with Crippen LogP contribution < -0.4 is 0 Å². The number of rotatable bonds is 20. The summed E-state index contributed by atoms with van der Waals surface area (Å²) >= 11 is 0. The van der Waals surface area contributed by atoms with Crippen LogP contribution in [0.4, 0.5) is 0 Å². The first-order valence-corrected chi connectivity index (χ1v) is 37.9. The highest BCUT2D eigenvalue weighted by Gasteiger charge is 2.78. The second-order valence-corrected chi connectivity index (χ2v) is 44.2. The SMILES string of the molecule is CCC(C)(C)C(=O)OCCC[Si]12O[Si](O)(CC(C)C)O[Si]3(CC(C)C)O[Si]4(CC(C)C)O[SiH](CC(C)C)O[Si](CC(C)C)(O1)O[Si](CC(C)C)(O4)O[Si](CC(C)C)(O2)O3. The van der Waals surface area contributed by atoms with Crippen molar-refractivity contribution < 1.29 is 59.6 Å². The topological polar surface area (TPSA) is 148 Å². The summed E-state index contributed by atoms with van der Waals surface area (Å²) in [5.74, 6) is 0.195. The molecule has 4 aliphatic heterocycles. The fourth-order valence-corrected chi connectivity index (χ4v) is 54.9. The number of hydrogen-bond acceptors (Lipinski definition) is 14. The van der Waals surface area contributed by atoms with Crippen LogP contribution >= 0.6 is 0 Å². The van der Waals surface area contributed by atoms with Gasteiger partial charge in [0.25, 0.3) is 0 Å². The number of carbonyl (C=O) groups is 1. The highest BCUT2D eigenvalue weighted by molar-refractivity contribution is 7.00. The van der Waals surface area contributed by atoms with E-state index in [-0.39, 0.29) is 66.1 Å². The Kier molecular flexibility index (Phi) is 17.8. The molecule has 0 amide bonds. The van der Waals surface area contributed by atoms with Crippen LogP contribution in [0.2, 0.25) is 48.4 Å². The maximum atomic E-state index is 13.2. The molecule has 0 aromatic heterocycles. The van der Waals surface area contributed by atoms with E-state index in [1.54, 1.807) is 0 Å². The van der Waals surface area contributed by atoms with Crippen LogP contribution in [-0.2, 0) is 54.8 Å². The van der Waals surface area contributed by atoms with Crippen molar-refractivity contribution >= 4 is 76.9 Å². The standard InChI is InChI=1S/C37H82O14Si8/c1-18-37(16,17)36(38)40-20-19-21-54-43-53(39,23-30(4)5)44-57(26-33(10)11)47-56(25-32(8)9)42-52(22-29(2)3)41-55(45-54,24-31(6)7)48-59(49-56,28-35(14)15)51-58(46-54,50-57)27-34(12)13/h29-35,39,52H,18-28H2,1-17H3. The van der Waals surface area contributed by atoms with Crippen molar-refractivity contribution in [1.29, 1.82) is 0 Å². The maximum Gasteiger partial charge on any atom is 0.483 e. The highest BCUT2D eigenvalue weighted by Crippen LogP contribution is 2.52. The van der Waals surface area contributed by atoms with Crippen LogP contribution in [0.25, 0.3) is 0 Å². The van der Waals surface area contributed by atoms with Gasteiger partial charge in [-0.05, 0) is 74.2 Å². The predicted octanol–water partition coefficient (Wildman–Crippen LogP) is 8.97. The molecule has 0 aliphatic carbocycles. The minimum absolute atomic E-state index is 0.0235. The van der Waals surface area contributed by atoms with E-state index in [1.165, 1.54) is 0 Å².